The number of hydrogen-bond donors (Lipinski definition) is 1. The number of benzene rings is 3. The van der Waals surface area contributed by atoms with Gasteiger partial charge in [0.2, 0.25) is 0 Å². The molecule has 0 spiro atoms. The van der Waals surface area contributed by atoms with Crippen LogP contribution in [0.5, 0.6) is 5.75 Å². The summed E-state index contributed by atoms with van der Waals surface area (Å²) >= 11 is 0. The van der Waals surface area contributed by atoms with Crippen LogP contribution in [0.15, 0.2) is 71.6 Å². The molecular formula is C23H23FN2O4S. The molecule has 0 radical (unpaired) electrons. The van der Waals surface area contributed by atoms with E-state index in [9.17, 15) is 17.6 Å². The van der Waals surface area contributed by atoms with Crippen LogP contribution in [0.3, 0.4) is 0 Å². The van der Waals surface area contributed by atoms with Gasteiger partial charge in [-0.1, -0.05) is 24.3 Å². The molecular weight excluding hydrogens is 419 g/mol. The summed E-state index contributed by atoms with van der Waals surface area (Å²) in [7, 11) is -0.812. The topological polar surface area (TPSA) is 75.7 Å². The standard InChI is InChI=1S/C23H23FN2O4S/c1-16-6-4-5-7-21(16)25-31(28,29)19-11-9-18(10-12-19)23(27)26(2)15-17-8-13-22(30-3)20(24)14-17/h4-14,25H,15H2,1-3H3. The summed E-state index contributed by atoms with van der Waals surface area (Å²) in [6, 6.07) is 17.2. The van der Waals surface area contributed by atoms with Crippen molar-refractivity contribution in [3.05, 3.63) is 89.2 Å². The van der Waals surface area contributed by atoms with E-state index in [0.717, 1.165) is 5.56 Å². The van der Waals surface area contributed by atoms with E-state index in [2.05, 4.69) is 4.72 Å². The number of halogens is 1. The molecule has 0 bridgehead atoms. The predicted octanol–water partition coefficient (Wildman–Crippen LogP) is 4.22. The van der Waals surface area contributed by atoms with Gasteiger partial charge in [-0.15, -0.1) is 0 Å². The van der Waals surface area contributed by atoms with Gasteiger partial charge in [0, 0.05) is 19.2 Å². The van der Waals surface area contributed by atoms with Gasteiger partial charge in [0.1, 0.15) is 0 Å². The van der Waals surface area contributed by atoms with Crippen molar-refractivity contribution in [1.82, 2.24) is 4.90 Å². The molecule has 162 valence electrons. The number of anilines is 1. The Kier molecular flexibility index (Phi) is 6.60. The van der Waals surface area contributed by atoms with Gasteiger partial charge in [-0.3, -0.25) is 9.52 Å². The van der Waals surface area contributed by atoms with Gasteiger partial charge in [0.25, 0.3) is 15.9 Å². The second kappa shape index (κ2) is 9.18. The lowest BCUT2D eigenvalue weighted by Gasteiger charge is -2.18. The zero-order valence-corrected chi connectivity index (χ0v) is 18.2. The molecule has 0 saturated carbocycles. The Morgan fingerprint density at radius 1 is 1.06 bits per heavy atom. The average molecular weight is 443 g/mol. The van der Waals surface area contributed by atoms with E-state index in [1.54, 1.807) is 25.2 Å². The first-order valence-corrected chi connectivity index (χ1v) is 11.0. The van der Waals surface area contributed by atoms with Gasteiger partial charge < -0.3 is 9.64 Å². The number of rotatable bonds is 7. The van der Waals surface area contributed by atoms with Crippen molar-refractivity contribution in [3.8, 4) is 5.75 Å². The third-order valence-electron chi connectivity index (χ3n) is 4.78. The lowest BCUT2D eigenvalue weighted by atomic mass is 10.1. The van der Waals surface area contributed by atoms with Crippen LogP contribution >= 0.6 is 0 Å². The molecule has 3 aromatic carbocycles. The summed E-state index contributed by atoms with van der Waals surface area (Å²) in [5, 5.41) is 0. The minimum atomic E-state index is -3.79. The number of ether oxygens (including phenoxy) is 1. The van der Waals surface area contributed by atoms with Crippen molar-refractivity contribution < 1.29 is 22.3 Å². The molecule has 0 saturated heterocycles. The summed E-state index contributed by atoms with van der Waals surface area (Å²) < 4.78 is 46.6. The number of hydrogen-bond acceptors (Lipinski definition) is 4. The maximum atomic E-state index is 13.9. The van der Waals surface area contributed by atoms with Crippen LogP contribution in [0.4, 0.5) is 10.1 Å². The van der Waals surface area contributed by atoms with Gasteiger partial charge in [0.05, 0.1) is 17.7 Å². The summed E-state index contributed by atoms with van der Waals surface area (Å²) in [6.07, 6.45) is 0. The fraction of sp³-hybridized carbons (Fsp3) is 0.174. The Morgan fingerprint density at radius 3 is 2.35 bits per heavy atom. The lowest BCUT2D eigenvalue weighted by Crippen LogP contribution is -2.26. The maximum absolute atomic E-state index is 13.9. The second-order valence-electron chi connectivity index (χ2n) is 7.07. The van der Waals surface area contributed by atoms with Crippen molar-refractivity contribution >= 4 is 21.6 Å². The van der Waals surface area contributed by atoms with Crippen molar-refractivity contribution in [2.24, 2.45) is 0 Å². The monoisotopic (exact) mass is 442 g/mol. The highest BCUT2D eigenvalue weighted by molar-refractivity contribution is 7.92. The predicted molar refractivity (Wildman–Crippen MR) is 117 cm³/mol. The molecule has 1 N–H and O–H groups in total. The molecule has 31 heavy (non-hydrogen) atoms. The van der Waals surface area contributed by atoms with E-state index in [4.69, 9.17) is 4.74 Å². The number of carbonyl (C=O) groups excluding carboxylic acids is 1. The van der Waals surface area contributed by atoms with Crippen molar-refractivity contribution in [2.75, 3.05) is 18.9 Å². The SMILES string of the molecule is COc1ccc(CN(C)C(=O)c2ccc(S(=O)(=O)Nc3ccccc3C)cc2)cc1F. The van der Waals surface area contributed by atoms with Gasteiger partial charge in [0.15, 0.2) is 11.6 Å². The first-order valence-electron chi connectivity index (χ1n) is 9.47. The number of nitrogens with one attached hydrogen (secondary N) is 1. The minimum absolute atomic E-state index is 0.0483. The fourth-order valence-corrected chi connectivity index (χ4v) is 4.17. The number of para-hydroxylation sites is 1. The molecule has 6 nitrogen and oxygen atoms in total. The normalized spacial score (nSPS) is 11.1. The number of sulfonamides is 1. The number of amides is 1. The smallest absolute Gasteiger partial charge is 0.261 e. The highest BCUT2D eigenvalue weighted by Crippen LogP contribution is 2.21. The van der Waals surface area contributed by atoms with Crippen molar-refractivity contribution in [1.29, 1.82) is 0 Å². The molecule has 8 heteroatoms. The summed E-state index contributed by atoms with van der Waals surface area (Å²) in [4.78, 5) is 14.2. The van der Waals surface area contributed by atoms with Gasteiger partial charge in [-0.25, -0.2) is 12.8 Å². The first-order chi connectivity index (χ1) is 14.7. The molecule has 0 heterocycles. The fourth-order valence-electron chi connectivity index (χ4n) is 3.04. The van der Waals surface area contributed by atoms with E-state index in [-0.39, 0.29) is 23.1 Å². The molecule has 0 aliphatic rings. The summed E-state index contributed by atoms with van der Waals surface area (Å²) in [6.45, 7) is 2.00. The Labute approximate surface area is 181 Å². The van der Waals surface area contributed by atoms with Gasteiger partial charge in [-0.2, -0.15) is 0 Å². The molecule has 0 aliphatic heterocycles. The Hall–Kier alpha value is -3.39. The summed E-state index contributed by atoms with van der Waals surface area (Å²) in [5.74, 6) is -0.683. The summed E-state index contributed by atoms with van der Waals surface area (Å²) in [5.41, 5.74) is 2.23. The van der Waals surface area contributed by atoms with E-state index < -0.39 is 15.8 Å². The van der Waals surface area contributed by atoms with Crippen LogP contribution < -0.4 is 9.46 Å². The second-order valence-corrected chi connectivity index (χ2v) is 8.76. The number of carbonyl (C=O) groups is 1. The molecule has 0 aliphatic carbocycles. The van der Waals surface area contributed by atoms with Crippen LogP contribution in [0.25, 0.3) is 0 Å². The van der Waals surface area contributed by atoms with Crippen molar-refractivity contribution in [3.63, 3.8) is 0 Å². The Balaban J connectivity index is 1.72. The van der Waals surface area contributed by atoms with E-state index in [1.165, 1.54) is 48.4 Å². The van der Waals surface area contributed by atoms with E-state index >= 15 is 0 Å². The zero-order valence-electron chi connectivity index (χ0n) is 17.4. The minimum Gasteiger partial charge on any atom is -0.494 e. The van der Waals surface area contributed by atoms with Gasteiger partial charge >= 0.3 is 0 Å². The zero-order chi connectivity index (χ0) is 22.6. The Bertz CT molecular complexity index is 1190. The van der Waals surface area contributed by atoms with Crippen LogP contribution in [-0.4, -0.2) is 33.4 Å². The molecule has 3 rings (SSSR count). The third kappa shape index (κ3) is 5.21. The average Bonchev–Trinajstić information content (AvgIpc) is 2.75. The van der Waals surface area contributed by atoms with Crippen LogP contribution in [0.1, 0.15) is 21.5 Å². The quantitative estimate of drug-likeness (QED) is 0.595. The molecule has 0 atom stereocenters. The molecule has 0 aromatic heterocycles. The van der Waals surface area contributed by atoms with Crippen LogP contribution in [0.2, 0.25) is 0 Å². The van der Waals surface area contributed by atoms with Crippen LogP contribution in [-0.2, 0) is 16.6 Å². The highest BCUT2D eigenvalue weighted by atomic mass is 32.2. The largest absolute Gasteiger partial charge is 0.494 e. The van der Waals surface area contributed by atoms with Crippen LogP contribution in [0, 0.1) is 12.7 Å². The Morgan fingerprint density at radius 2 is 1.74 bits per heavy atom. The van der Waals surface area contributed by atoms with E-state index in [1.807, 2.05) is 19.1 Å². The molecule has 0 unspecified atom stereocenters. The third-order valence-corrected chi connectivity index (χ3v) is 6.17. The van der Waals surface area contributed by atoms with Gasteiger partial charge in [-0.05, 0) is 60.5 Å². The number of aryl methyl sites for hydroxylation is 1. The van der Waals surface area contributed by atoms with E-state index in [0.29, 0.717) is 16.8 Å². The molecule has 0 fully saturated rings. The molecule has 3 aromatic rings. The lowest BCUT2D eigenvalue weighted by molar-refractivity contribution is 0.0785. The maximum Gasteiger partial charge on any atom is 0.261 e. The first kappa shape index (κ1) is 22.3. The number of methoxy groups -OCH3 is 1. The molecule has 1 amide bonds. The number of nitrogens with zero attached hydrogens (tertiary/aromatic N) is 1. The highest BCUT2D eigenvalue weighted by Gasteiger charge is 2.18. The van der Waals surface area contributed by atoms with Crippen molar-refractivity contribution in [2.45, 2.75) is 18.4 Å².